The van der Waals surface area contributed by atoms with Crippen molar-refractivity contribution in [3.63, 3.8) is 0 Å². The van der Waals surface area contributed by atoms with Gasteiger partial charge in [0.25, 0.3) is 0 Å². The first-order valence-corrected chi connectivity index (χ1v) is 8.17. The van der Waals surface area contributed by atoms with Crippen molar-refractivity contribution in [1.82, 2.24) is 9.55 Å². The van der Waals surface area contributed by atoms with Crippen molar-refractivity contribution in [2.45, 2.75) is 45.6 Å². The molecule has 0 spiro atoms. The Morgan fingerprint density at radius 1 is 1.33 bits per heavy atom. The molecule has 2 fully saturated rings. The van der Waals surface area contributed by atoms with Gasteiger partial charge in [0.05, 0.1) is 22.7 Å². The molecule has 2 bridgehead atoms. The van der Waals surface area contributed by atoms with Crippen molar-refractivity contribution in [2.75, 3.05) is 0 Å². The summed E-state index contributed by atoms with van der Waals surface area (Å²) in [7, 11) is 0. The van der Waals surface area contributed by atoms with Gasteiger partial charge >= 0.3 is 0 Å². The second-order valence-corrected chi connectivity index (χ2v) is 6.73. The molecule has 3 nitrogen and oxygen atoms in total. The van der Waals surface area contributed by atoms with Gasteiger partial charge in [-0.25, -0.2) is 4.98 Å². The van der Waals surface area contributed by atoms with Crippen LogP contribution in [0.2, 0.25) is 0 Å². The zero-order valence-electron chi connectivity index (χ0n) is 12.5. The lowest BCUT2D eigenvalue weighted by atomic mass is 9.86. The highest BCUT2D eigenvalue weighted by Gasteiger charge is 2.39. The quantitative estimate of drug-likeness (QED) is 0.855. The normalized spacial score (nSPS) is 27.3. The second kappa shape index (κ2) is 4.87. The molecule has 1 heterocycles. The molecule has 0 radical (unpaired) electrons. The van der Waals surface area contributed by atoms with Crippen molar-refractivity contribution in [2.24, 2.45) is 17.8 Å². The van der Waals surface area contributed by atoms with Gasteiger partial charge in [-0.15, -0.1) is 0 Å². The van der Waals surface area contributed by atoms with Crippen LogP contribution in [0.4, 0.5) is 0 Å². The van der Waals surface area contributed by atoms with Crippen LogP contribution < -0.4 is 0 Å². The third-order valence-electron chi connectivity index (χ3n) is 5.60. The maximum Gasteiger partial charge on any atom is 0.110 e. The highest BCUT2D eigenvalue weighted by atomic mass is 15.1. The molecule has 0 amide bonds. The number of imidazole rings is 1. The Balaban J connectivity index is 1.69. The average molecular weight is 279 g/mol. The van der Waals surface area contributed by atoms with Crippen LogP contribution in [0.25, 0.3) is 11.0 Å². The van der Waals surface area contributed by atoms with Crippen LogP contribution in [0, 0.1) is 29.1 Å². The number of nitriles is 1. The Morgan fingerprint density at radius 2 is 2.24 bits per heavy atom. The van der Waals surface area contributed by atoms with Crippen LogP contribution in [0.5, 0.6) is 0 Å². The van der Waals surface area contributed by atoms with Gasteiger partial charge < -0.3 is 4.57 Å². The third kappa shape index (κ3) is 2.05. The molecule has 3 atom stereocenters. The molecule has 4 rings (SSSR count). The number of aromatic nitrogens is 2. The first-order valence-electron chi connectivity index (χ1n) is 8.17. The zero-order valence-corrected chi connectivity index (χ0v) is 12.5. The van der Waals surface area contributed by atoms with E-state index in [-0.39, 0.29) is 0 Å². The highest BCUT2D eigenvalue weighted by molar-refractivity contribution is 5.77. The molecule has 3 unspecified atom stereocenters. The fraction of sp³-hybridized carbons (Fsp3) is 0.556. The highest BCUT2D eigenvalue weighted by Crippen LogP contribution is 2.49. The van der Waals surface area contributed by atoms with Crippen LogP contribution in [-0.2, 0) is 13.0 Å². The molecule has 2 aromatic rings. The zero-order chi connectivity index (χ0) is 14.4. The molecule has 108 valence electrons. The molecule has 0 N–H and O–H groups in total. The Bertz CT molecular complexity index is 722. The van der Waals surface area contributed by atoms with Gasteiger partial charge in [-0.05, 0) is 62.1 Å². The van der Waals surface area contributed by atoms with E-state index in [1.54, 1.807) is 0 Å². The Morgan fingerprint density at radius 3 is 2.90 bits per heavy atom. The van der Waals surface area contributed by atoms with E-state index in [2.05, 4.69) is 23.6 Å². The maximum atomic E-state index is 9.05. The fourth-order valence-electron chi connectivity index (χ4n) is 4.62. The predicted octanol–water partition coefficient (Wildman–Crippen LogP) is 3.91. The molecular formula is C18H21N3. The summed E-state index contributed by atoms with van der Waals surface area (Å²) < 4.78 is 2.34. The number of fused-ring (bicyclic) bond motifs is 3. The monoisotopic (exact) mass is 279 g/mol. The van der Waals surface area contributed by atoms with Gasteiger partial charge in [-0.1, -0.05) is 6.42 Å². The molecule has 21 heavy (non-hydrogen) atoms. The molecule has 3 heteroatoms. The largest absolute Gasteiger partial charge is 0.328 e. The predicted molar refractivity (Wildman–Crippen MR) is 82.8 cm³/mol. The van der Waals surface area contributed by atoms with E-state index in [9.17, 15) is 0 Å². The van der Waals surface area contributed by atoms with E-state index in [0.29, 0.717) is 5.56 Å². The number of hydrogen-bond donors (Lipinski definition) is 0. The van der Waals surface area contributed by atoms with Gasteiger partial charge in [0.1, 0.15) is 5.82 Å². The second-order valence-electron chi connectivity index (χ2n) is 6.73. The standard InChI is InChI=1S/C18H21N3/c1-2-21-17-6-4-13(11-19)9-16(17)20-18(21)10-15-8-12-3-5-14(15)7-12/h4,6,9,12,14-15H,2-3,5,7-8,10H2,1H3. The minimum atomic E-state index is 0.703. The van der Waals surface area contributed by atoms with Gasteiger partial charge in [-0.3, -0.25) is 0 Å². The van der Waals surface area contributed by atoms with E-state index in [4.69, 9.17) is 10.2 Å². The minimum absolute atomic E-state index is 0.703. The van der Waals surface area contributed by atoms with Crippen molar-refractivity contribution in [3.8, 4) is 6.07 Å². The summed E-state index contributed by atoms with van der Waals surface area (Å²) in [6.45, 7) is 3.14. The summed E-state index contributed by atoms with van der Waals surface area (Å²) in [5.74, 6) is 3.99. The maximum absolute atomic E-state index is 9.05. The van der Waals surface area contributed by atoms with Crippen molar-refractivity contribution in [1.29, 1.82) is 5.26 Å². The lowest BCUT2D eigenvalue weighted by molar-refractivity contribution is 0.324. The molecule has 0 aliphatic heterocycles. The molecule has 1 aromatic heterocycles. The van der Waals surface area contributed by atoms with Crippen LogP contribution in [-0.4, -0.2) is 9.55 Å². The van der Waals surface area contributed by atoms with E-state index in [1.165, 1.54) is 37.0 Å². The minimum Gasteiger partial charge on any atom is -0.328 e. The Kier molecular flexibility index (Phi) is 2.99. The van der Waals surface area contributed by atoms with Gasteiger partial charge in [0.15, 0.2) is 0 Å². The van der Waals surface area contributed by atoms with Gasteiger partial charge in [0.2, 0.25) is 0 Å². The average Bonchev–Trinajstić information content (AvgIpc) is 3.19. The van der Waals surface area contributed by atoms with Crippen molar-refractivity contribution in [3.05, 3.63) is 29.6 Å². The summed E-state index contributed by atoms with van der Waals surface area (Å²) in [4.78, 5) is 4.85. The first-order chi connectivity index (χ1) is 10.3. The molecule has 2 aliphatic carbocycles. The summed E-state index contributed by atoms with van der Waals surface area (Å²) in [6.07, 6.45) is 6.86. The molecule has 2 aliphatic rings. The molecular weight excluding hydrogens is 258 g/mol. The van der Waals surface area contributed by atoms with Gasteiger partial charge in [-0.2, -0.15) is 5.26 Å². The number of nitrogens with zero attached hydrogens (tertiary/aromatic N) is 3. The number of rotatable bonds is 3. The molecule has 1 aromatic carbocycles. The van der Waals surface area contributed by atoms with Crippen LogP contribution in [0.3, 0.4) is 0 Å². The first kappa shape index (κ1) is 12.9. The fourth-order valence-corrected chi connectivity index (χ4v) is 4.62. The third-order valence-corrected chi connectivity index (χ3v) is 5.60. The topological polar surface area (TPSA) is 41.6 Å². The number of hydrogen-bond acceptors (Lipinski definition) is 2. The van der Waals surface area contributed by atoms with Crippen molar-refractivity contribution >= 4 is 11.0 Å². The Hall–Kier alpha value is -1.82. The molecule has 0 saturated heterocycles. The number of aryl methyl sites for hydroxylation is 1. The van der Waals surface area contributed by atoms with Crippen molar-refractivity contribution < 1.29 is 0 Å². The lowest BCUT2D eigenvalue weighted by Gasteiger charge is -2.21. The van der Waals surface area contributed by atoms with E-state index in [0.717, 1.165) is 36.2 Å². The smallest absolute Gasteiger partial charge is 0.110 e. The summed E-state index contributed by atoms with van der Waals surface area (Å²) in [6, 6.07) is 8.08. The SMILES string of the molecule is CCn1c(CC2CC3CCC2C3)nc2cc(C#N)ccc21. The van der Waals surface area contributed by atoms with E-state index < -0.39 is 0 Å². The number of benzene rings is 1. The van der Waals surface area contributed by atoms with Gasteiger partial charge in [0, 0.05) is 13.0 Å². The van der Waals surface area contributed by atoms with Crippen LogP contribution >= 0.6 is 0 Å². The summed E-state index contributed by atoms with van der Waals surface area (Å²) >= 11 is 0. The Labute approximate surface area is 125 Å². The van der Waals surface area contributed by atoms with Crippen LogP contribution in [0.1, 0.15) is 44.0 Å². The summed E-state index contributed by atoms with van der Waals surface area (Å²) in [5, 5.41) is 9.05. The van der Waals surface area contributed by atoms with E-state index >= 15 is 0 Å². The lowest BCUT2D eigenvalue weighted by Crippen LogP contribution is -2.16. The summed E-state index contributed by atoms with van der Waals surface area (Å²) in [5.41, 5.74) is 2.86. The molecule has 2 saturated carbocycles. The van der Waals surface area contributed by atoms with E-state index in [1.807, 2.05) is 12.1 Å². The van der Waals surface area contributed by atoms with Crippen LogP contribution in [0.15, 0.2) is 18.2 Å².